The Morgan fingerprint density at radius 3 is 2.74 bits per heavy atom. The van der Waals surface area contributed by atoms with Crippen LogP contribution in [0.4, 0.5) is 0 Å². The Labute approximate surface area is 140 Å². The molecule has 4 rings (SSSR count). The van der Waals surface area contributed by atoms with Crippen molar-refractivity contribution < 1.29 is 9.53 Å². The van der Waals surface area contributed by atoms with Crippen LogP contribution >= 0.6 is 11.3 Å². The van der Waals surface area contributed by atoms with Gasteiger partial charge in [-0.25, -0.2) is 0 Å². The van der Waals surface area contributed by atoms with Crippen molar-refractivity contribution in [2.45, 2.75) is 19.4 Å². The van der Waals surface area contributed by atoms with Gasteiger partial charge in [0.2, 0.25) is 0 Å². The fourth-order valence-corrected chi connectivity index (χ4v) is 4.22. The van der Waals surface area contributed by atoms with Crippen LogP contribution in [-0.4, -0.2) is 36.5 Å². The van der Waals surface area contributed by atoms with Crippen LogP contribution < -0.4 is 10.1 Å². The number of carbonyl (C=O) groups excluding carboxylic acids is 1. The van der Waals surface area contributed by atoms with Crippen molar-refractivity contribution in [1.82, 2.24) is 10.2 Å². The molecule has 2 unspecified atom stereocenters. The van der Waals surface area contributed by atoms with Crippen molar-refractivity contribution >= 4 is 17.2 Å². The number of hydrogen-bond donors (Lipinski definition) is 1. The molecule has 1 N–H and O–H groups in total. The number of hydrogen-bond acceptors (Lipinski definition) is 4. The molecule has 2 aromatic rings. The molecule has 2 aliphatic heterocycles. The zero-order valence-electron chi connectivity index (χ0n) is 13.1. The van der Waals surface area contributed by atoms with E-state index in [1.807, 2.05) is 37.3 Å². The standard InChI is InChI=1S/C18H20N2O2S/c1-12-8-17(23-11-12)22-15-4-2-13(3-5-15)18(21)19-16-10-20-7-6-14(16)9-20/h2-5,8,11,14,16H,6-7,9-10H2,1H3,(H,19,21)/t14-,16?/m0/s1. The van der Waals surface area contributed by atoms with Gasteiger partial charge >= 0.3 is 0 Å². The van der Waals surface area contributed by atoms with Gasteiger partial charge in [-0.05, 0) is 67.1 Å². The van der Waals surface area contributed by atoms with Crippen LogP contribution in [0.3, 0.4) is 0 Å². The molecule has 0 saturated carbocycles. The van der Waals surface area contributed by atoms with Gasteiger partial charge in [0.05, 0.1) is 0 Å². The Morgan fingerprint density at radius 2 is 2.13 bits per heavy atom. The van der Waals surface area contributed by atoms with E-state index >= 15 is 0 Å². The van der Waals surface area contributed by atoms with Gasteiger partial charge in [0.25, 0.3) is 5.91 Å². The molecule has 4 nitrogen and oxygen atoms in total. The zero-order valence-corrected chi connectivity index (χ0v) is 13.9. The molecule has 1 aromatic carbocycles. The maximum absolute atomic E-state index is 12.4. The summed E-state index contributed by atoms with van der Waals surface area (Å²) in [7, 11) is 0. The normalized spacial score (nSPS) is 25.5. The van der Waals surface area contributed by atoms with Gasteiger partial charge in [-0.2, -0.15) is 0 Å². The molecule has 120 valence electrons. The van der Waals surface area contributed by atoms with E-state index in [0.29, 0.717) is 17.5 Å². The van der Waals surface area contributed by atoms with Crippen molar-refractivity contribution in [2.24, 2.45) is 5.92 Å². The second kappa shape index (κ2) is 5.98. The predicted octanol–water partition coefficient (Wildman–Crippen LogP) is 3.28. The number of carbonyl (C=O) groups is 1. The summed E-state index contributed by atoms with van der Waals surface area (Å²) >= 11 is 1.58. The Kier molecular flexibility index (Phi) is 3.83. The zero-order chi connectivity index (χ0) is 15.8. The van der Waals surface area contributed by atoms with Gasteiger partial charge in [0.1, 0.15) is 5.75 Å². The largest absolute Gasteiger partial charge is 0.447 e. The van der Waals surface area contributed by atoms with Crippen molar-refractivity contribution in [3.63, 3.8) is 0 Å². The Bertz CT molecular complexity index is 710. The van der Waals surface area contributed by atoms with E-state index in [9.17, 15) is 4.79 Å². The molecule has 2 fully saturated rings. The molecule has 0 aliphatic carbocycles. The molecular formula is C18H20N2O2S. The van der Waals surface area contributed by atoms with E-state index in [4.69, 9.17) is 4.74 Å². The molecule has 3 atom stereocenters. The summed E-state index contributed by atoms with van der Waals surface area (Å²) in [5.74, 6) is 1.40. The molecule has 5 heteroatoms. The molecule has 2 aliphatic rings. The van der Waals surface area contributed by atoms with Crippen molar-refractivity contribution in [3.8, 4) is 10.8 Å². The minimum atomic E-state index is 0.0160. The third-order valence-electron chi connectivity index (χ3n) is 4.69. The minimum Gasteiger partial charge on any atom is -0.447 e. The summed E-state index contributed by atoms with van der Waals surface area (Å²) in [6, 6.07) is 9.69. The lowest BCUT2D eigenvalue weighted by Gasteiger charge is -2.23. The average Bonchev–Trinajstić information content (AvgIpc) is 3.25. The van der Waals surface area contributed by atoms with Crippen LogP contribution in [0.1, 0.15) is 22.3 Å². The first-order valence-corrected chi connectivity index (χ1v) is 8.91. The Morgan fingerprint density at radius 1 is 1.30 bits per heavy atom. The van der Waals surface area contributed by atoms with Crippen LogP contribution in [0.2, 0.25) is 0 Å². The average molecular weight is 328 g/mol. The molecule has 2 saturated heterocycles. The van der Waals surface area contributed by atoms with Crippen LogP contribution in [0, 0.1) is 12.8 Å². The number of fused-ring (bicyclic) bond motifs is 2. The van der Waals surface area contributed by atoms with Crippen LogP contribution in [-0.2, 0) is 0 Å². The van der Waals surface area contributed by atoms with Gasteiger partial charge in [0.15, 0.2) is 5.06 Å². The number of nitrogens with one attached hydrogen (secondary N) is 1. The van der Waals surface area contributed by atoms with Gasteiger partial charge in [-0.3, -0.25) is 4.79 Å². The number of piperidine rings is 1. The van der Waals surface area contributed by atoms with E-state index in [-0.39, 0.29) is 5.91 Å². The first kappa shape index (κ1) is 14.7. The van der Waals surface area contributed by atoms with Gasteiger partial charge in [-0.1, -0.05) is 0 Å². The maximum atomic E-state index is 12.4. The minimum absolute atomic E-state index is 0.0160. The molecule has 1 aromatic heterocycles. The topological polar surface area (TPSA) is 41.6 Å². The lowest BCUT2D eigenvalue weighted by atomic mass is 9.99. The molecule has 3 heterocycles. The third kappa shape index (κ3) is 3.12. The number of nitrogens with zero attached hydrogens (tertiary/aromatic N) is 1. The smallest absolute Gasteiger partial charge is 0.251 e. The fraction of sp³-hybridized carbons (Fsp3) is 0.389. The molecular weight excluding hydrogens is 308 g/mol. The second-order valence-electron chi connectivity index (χ2n) is 6.46. The number of amides is 1. The lowest BCUT2D eigenvalue weighted by Crippen LogP contribution is -2.43. The summed E-state index contributed by atoms with van der Waals surface area (Å²) in [6.45, 7) is 5.36. The fourth-order valence-electron chi connectivity index (χ4n) is 3.45. The van der Waals surface area contributed by atoms with E-state index < -0.39 is 0 Å². The molecule has 2 bridgehead atoms. The van der Waals surface area contributed by atoms with E-state index in [1.54, 1.807) is 11.3 Å². The quantitative estimate of drug-likeness (QED) is 0.936. The van der Waals surface area contributed by atoms with Crippen LogP contribution in [0.5, 0.6) is 10.8 Å². The molecule has 23 heavy (non-hydrogen) atoms. The summed E-state index contributed by atoms with van der Waals surface area (Å²) < 4.78 is 5.79. The second-order valence-corrected chi connectivity index (χ2v) is 7.33. The van der Waals surface area contributed by atoms with Crippen molar-refractivity contribution in [3.05, 3.63) is 46.8 Å². The number of aryl methyl sites for hydroxylation is 1. The number of benzene rings is 1. The first-order chi connectivity index (χ1) is 11.2. The van der Waals surface area contributed by atoms with Crippen molar-refractivity contribution in [1.29, 1.82) is 0 Å². The molecule has 1 amide bonds. The molecule has 0 radical (unpaired) electrons. The summed E-state index contributed by atoms with van der Waals surface area (Å²) in [5.41, 5.74) is 1.89. The maximum Gasteiger partial charge on any atom is 0.251 e. The Hall–Kier alpha value is -1.85. The molecule has 0 spiro atoms. The summed E-state index contributed by atoms with van der Waals surface area (Å²) in [6.07, 6.45) is 1.21. The number of thiophene rings is 1. The Balaban J connectivity index is 1.38. The van der Waals surface area contributed by atoms with E-state index in [0.717, 1.165) is 23.9 Å². The first-order valence-electron chi connectivity index (χ1n) is 8.04. The summed E-state index contributed by atoms with van der Waals surface area (Å²) in [5, 5.41) is 6.11. The monoisotopic (exact) mass is 328 g/mol. The highest BCUT2D eigenvalue weighted by Crippen LogP contribution is 2.29. The van der Waals surface area contributed by atoms with Gasteiger partial charge in [-0.15, -0.1) is 11.3 Å². The van der Waals surface area contributed by atoms with Crippen molar-refractivity contribution in [2.75, 3.05) is 19.6 Å². The van der Waals surface area contributed by atoms with E-state index in [2.05, 4.69) is 15.6 Å². The van der Waals surface area contributed by atoms with E-state index in [1.165, 1.54) is 18.5 Å². The van der Waals surface area contributed by atoms with Gasteiger partial charge in [0, 0.05) is 24.7 Å². The highest BCUT2D eigenvalue weighted by molar-refractivity contribution is 7.12. The van der Waals surface area contributed by atoms with Crippen LogP contribution in [0.25, 0.3) is 0 Å². The predicted molar refractivity (Wildman–Crippen MR) is 91.4 cm³/mol. The van der Waals surface area contributed by atoms with Crippen LogP contribution in [0.15, 0.2) is 35.7 Å². The summed E-state index contributed by atoms with van der Waals surface area (Å²) in [4.78, 5) is 14.8. The number of rotatable bonds is 4. The third-order valence-corrected chi connectivity index (χ3v) is 5.61. The highest BCUT2D eigenvalue weighted by atomic mass is 32.1. The SMILES string of the molecule is Cc1csc(Oc2ccc(C(=O)NC3CN4CC[C@H]3C4)cc2)c1. The highest BCUT2D eigenvalue weighted by Gasteiger charge is 2.38. The van der Waals surface area contributed by atoms with Gasteiger partial charge < -0.3 is 15.0 Å². The lowest BCUT2D eigenvalue weighted by molar-refractivity contribution is 0.0924. The number of ether oxygens (including phenoxy) is 1.